The minimum atomic E-state index is -0.489. The fraction of sp³-hybridized carbons (Fsp3) is 0.118. The Bertz CT molecular complexity index is 808. The number of hydrogen-bond donors (Lipinski definition) is 3. The average molecular weight is 362 g/mol. The Balaban J connectivity index is 1.83. The molecule has 8 heteroatoms. The molecular weight excluding hydrogens is 346 g/mol. The Kier molecular flexibility index (Phi) is 6.36. The van der Waals surface area contributed by atoms with E-state index in [4.69, 9.17) is 16.3 Å². The number of aromatic hydroxyl groups is 1. The van der Waals surface area contributed by atoms with Gasteiger partial charge in [0.1, 0.15) is 0 Å². The smallest absolute Gasteiger partial charge is 0.259 e. The Morgan fingerprint density at radius 3 is 2.80 bits per heavy atom. The molecule has 2 amide bonds. The summed E-state index contributed by atoms with van der Waals surface area (Å²) in [5, 5.41) is 16.2. The molecule has 0 saturated heterocycles. The predicted molar refractivity (Wildman–Crippen MR) is 94.2 cm³/mol. The highest BCUT2D eigenvalue weighted by Crippen LogP contribution is 2.25. The van der Waals surface area contributed by atoms with Gasteiger partial charge in [0.15, 0.2) is 11.5 Å². The van der Waals surface area contributed by atoms with Crippen LogP contribution >= 0.6 is 11.6 Å². The summed E-state index contributed by atoms with van der Waals surface area (Å²) >= 11 is 5.81. The molecule has 25 heavy (non-hydrogen) atoms. The molecule has 0 aliphatic heterocycles. The largest absolute Gasteiger partial charge is 0.504 e. The number of phenols is 1. The molecule has 0 atom stereocenters. The number of halogens is 1. The van der Waals surface area contributed by atoms with Crippen LogP contribution in [0.25, 0.3) is 0 Å². The minimum absolute atomic E-state index is 0.00686. The second kappa shape index (κ2) is 8.70. The maximum Gasteiger partial charge on any atom is 0.259 e. The van der Waals surface area contributed by atoms with E-state index in [1.165, 1.54) is 25.5 Å². The molecule has 2 aromatic carbocycles. The molecule has 0 heterocycles. The molecule has 0 bridgehead atoms. The monoisotopic (exact) mass is 361 g/mol. The molecule has 2 aromatic rings. The molecule has 0 saturated carbocycles. The normalized spacial score (nSPS) is 10.5. The molecular formula is C17H16ClN3O4. The van der Waals surface area contributed by atoms with Gasteiger partial charge in [-0.25, -0.2) is 5.43 Å². The van der Waals surface area contributed by atoms with Gasteiger partial charge in [-0.15, -0.1) is 0 Å². The van der Waals surface area contributed by atoms with Crippen molar-refractivity contribution in [1.82, 2.24) is 10.7 Å². The summed E-state index contributed by atoms with van der Waals surface area (Å²) in [5.74, 6) is -0.598. The molecule has 0 aliphatic rings. The Labute approximate surface area is 149 Å². The van der Waals surface area contributed by atoms with Crippen LogP contribution in [0.2, 0.25) is 5.02 Å². The van der Waals surface area contributed by atoms with Crippen molar-refractivity contribution in [2.75, 3.05) is 13.7 Å². The standard InChI is InChI=1S/C17H16ClN3O4/c1-25-15-7-11(5-6-14(15)22)9-20-21-16(23)10-19-17(24)12-3-2-4-13(18)8-12/h2-9,22H,10H2,1H3,(H,19,24)(H,21,23)/b20-9+. The zero-order valence-corrected chi connectivity index (χ0v) is 14.1. The molecule has 0 aromatic heterocycles. The summed E-state index contributed by atoms with van der Waals surface area (Å²) < 4.78 is 4.97. The first-order valence-corrected chi connectivity index (χ1v) is 7.60. The number of nitrogens with one attached hydrogen (secondary N) is 2. The zero-order valence-electron chi connectivity index (χ0n) is 13.3. The number of rotatable bonds is 6. The Hall–Kier alpha value is -3.06. The van der Waals surface area contributed by atoms with E-state index < -0.39 is 11.8 Å². The maximum atomic E-state index is 11.9. The van der Waals surface area contributed by atoms with Crippen molar-refractivity contribution in [3.63, 3.8) is 0 Å². The molecule has 3 N–H and O–H groups in total. The van der Waals surface area contributed by atoms with E-state index in [0.29, 0.717) is 21.9 Å². The highest BCUT2D eigenvalue weighted by molar-refractivity contribution is 6.30. The first-order chi connectivity index (χ1) is 12.0. The third-order valence-corrected chi connectivity index (χ3v) is 3.34. The minimum Gasteiger partial charge on any atom is -0.504 e. The van der Waals surface area contributed by atoms with Gasteiger partial charge in [0.25, 0.3) is 11.8 Å². The third kappa shape index (κ3) is 5.50. The van der Waals surface area contributed by atoms with Gasteiger partial charge in [0.05, 0.1) is 19.9 Å². The summed E-state index contributed by atoms with van der Waals surface area (Å²) in [5.41, 5.74) is 3.27. The van der Waals surface area contributed by atoms with Gasteiger partial charge in [0.2, 0.25) is 0 Å². The van der Waals surface area contributed by atoms with E-state index in [9.17, 15) is 14.7 Å². The number of amides is 2. The number of phenolic OH excluding ortho intramolecular Hbond substituents is 1. The number of nitrogens with zero attached hydrogens (tertiary/aromatic N) is 1. The van der Waals surface area contributed by atoms with Crippen molar-refractivity contribution in [3.05, 3.63) is 58.6 Å². The lowest BCUT2D eigenvalue weighted by Gasteiger charge is -2.05. The molecule has 0 unspecified atom stereocenters. The zero-order chi connectivity index (χ0) is 18.2. The third-order valence-electron chi connectivity index (χ3n) is 3.10. The van der Waals surface area contributed by atoms with Crippen LogP contribution in [0.15, 0.2) is 47.6 Å². The lowest BCUT2D eigenvalue weighted by atomic mass is 10.2. The highest BCUT2D eigenvalue weighted by Gasteiger charge is 2.08. The number of hydrogen-bond acceptors (Lipinski definition) is 5. The van der Waals surface area contributed by atoms with Gasteiger partial charge in [-0.1, -0.05) is 17.7 Å². The quantitative estimate of drug-likeness (QED) is 0.540. The lowest BCUT2D eigenvalue weighted by molar-refractivity contribution is -0.120. The summed E-state index contributed by atoms with van der Waals surface area (Å²) in [4.78, 5) is 23.6. The van der Waals surface area contributed by atoms with E-state index in [1.54, 1.807) is 30.3 Å². The van der Waals surface area contributed by atoms with Gasteiger partial charge in [-0.3, -0.25) is 9.59 Å². The van der Waals surface area contributed by atoms with Crippen molar-refractivity contribution in [2.24, 2.45) is 5.10 Å². The van der Waals surface area contributed by atoms with Gasteiger partial charge >= 0.3 is 0 Å². The van der Waals surface area contributed by atoms with E-state index in [2.05, 4.69) is 15.8 Å². The summed E-state index contributed by atoms with van der Waals surface area (Å²) in [7, 11) is 1.43. The molecule has 0 aliphatic carbocycles. The topological polar surface area (TPSA) is 100 Å². The molecule has 0 spiro atoms. The first-order valence-electron chi connectivity index (χ1n) is 7.22. The number of ether oxygens (including phenoxy) is 1. The maximum absolute atomic E-state index is 11.9. The molecule has 0 fully saturated rings. The van der Waals surface area contributed by atoms with Crippen molar-refractivity contribution in [2.45, 2.75) is 0 Å². The Morgan fingerprint density at radius 1 is 1.28 bits per heavy atom. The van der Waals surface area contributed by atoms with Gasteiger partial charge in [-0.2, -0.15) is 5.10 Å². The van der Waals surface area contributed by atoms with E-state index >= 15 is 0 Å². The number of carbonyl (C=O) groups is 2. The van der Waals surface area contributed by atoms with E-state index in [1.807, 2.05) is 0 Å². The number of hydrazone groups is 1. The van der Waals surface area contributed by atoms with Crippen molar-refractivity contribution in [3.8, 4) is 11.5 Å². The second-order valence-electron chi connectivity index (χ2n) is 4.92. The average Bonchev–Trinajstić information content (AvgIpc) is 2.61. The lowest BCUT2D eigenvalue weighted by Crippen LogP contribution is -2.34. The van der Waals surface area contributed by atoms with Gasteiger partial charge in [-0.05, 0) is 42.0 Å². The van der Waals surface area contributed by atoms with Crippen molar-refractivity contribution < 1.29 is 19.4 Å². The second-order valence-corrected chi connectivity index (χ2v) is 5.35. The van der Waals surface area contributed by atoms with Gasteiger partial charge in [0, 0.05) is 10.6 Å². The van der Waals surface area contributed by atoms with Crippen molar-refractivity contribution >= 4 is 29.6 Å². The number of methoxy groups -OCH3 is 1. The van der Waals surface area contributed by atoms with E-state index in [0.717, 1.165) is 0 Å². The fourth-order valence-electron chi connectivity index (χ4n) is 1.89. The molecule has 7 nitrogen and oxygen atoms in total. The van der Waals surface area contributed by atoms with Crippen LogP contribution in [-0.2, 0) is 4.79 Å². The van der Waals surface area contributed by atoms with Crippen LogP contribution in [0.3, 0.4) is 0 Å². The van der Waals surface area contributed by atoms with Crippen LogP contribution in [0, 0.1) is 0 Å². The highest BCUT2D eigenvalue weighted by atomic mass is 35.5. The molecule has 2 rings (SSSR count). The SMILES string of the molecule is COc1cc(/C=N/NC(=O)CNC(=O)c2cccc(Cl)c2)ccc1O. The predicted octanol–water partition coefficient (Wildman–Crippen LogP) is 1.93. The van der Waals surface area contributed by atoms with Crippen LogP contribution in [0.4, 0.5) is 0 Å². The number of benzene rings is 2. The van der Waals surface area contributed by atoms with Crippen LogP contribution in [-0.4, -0.2) is 36.8 Å². The van der Waals surface area contributed by atoms with E-state index in [-0.39, 0.29) is 12.3 Å². The fourth-order valence-corrected chi connectivity index (χ4v) is 2.08. The summed E-state index contributed by atoms with van der Waals surface area (Å²) in [6, 6.07) is 11.0. The summed E-state index contributed by atoms with van der Waals surface area (Å²) in [6.07, 6.45) is 1.39. The van der Waals surface area contributed by atoms with Crippen LogP contribution in [0.5, 0.6) is 11.5 Å². The van der Waals surface area contributed by atoms with Crippen LogP contribution < -0.4 is 15.5 Å². The number of carbonyl (C=O) groups excluding carboxylic acids is 2. The van der Waals surface area contributed by atoms with Gasteiger partial charge < -0.3 is 15.2 Å². The van der Waals surface area contributed by atoms with Crippen molar-refractivity contribution in [1.29, 1.82) is 0 Å². The Morgan fingerprint density at radius 2 is 2.08 bits per heavy atom. The first kappa shape index (κ1) is 18.3. The van der Waals surface area contributed by atoms with Crippen LogP contribution in [0.1, 0.15) is 15.9 Å². The molecule has 130 valence electrons. The molecule has 0 radical (unpaired) electrons. The summed E-state index contributed by atoms with van der Waals surface area (Å²) in [6.45, 7) is -0.235.